The van der Waals surface area contributed by atoms with E-state index in [1.807, 2.05) is 48.5 Å². The molecule has 1 atom stereocenters. The molecule has 1 aliphatic carbocycles. The molecule has 1 amide bonds. The molecule has 0 aromatic heterocycles. The maximum Gasteiger partial charge on any atom is 0.224 e. The van der Waals surface area contributed by atoms with Crippen LogP contribution in [-0.4, -0.2) is 57.3 Å². The lowest BCUT2D eigenvalue weighted by atomic mass is 9.68. The van der Waals surface area contributed by atoms with Crippen molar-refractivity contribution in [2.75, 3.05) is 41.0 Å². The van der Waals surface area contributed by atoms with Crippen LogP contribution in [0.25, 0.3) is 0 Å². The third-order valence-electron chi connectivity index (χ3n) is 11.5. The number of amides is 1. The number of likely N-dealkylation sites (tertiary alicyclic amines) is 1. The number of hydrogen-bond acceptors (Lipinski definition) is 5. The number of methoxy groups -OCH3 is 3. The second-order valence-electron chi connectivity index (χ2n) is 14.5. The lowest BCUT2D eigenvalue weighted by Gasteiger charge is -2.50. The standard InChI is InChI=1S/C44H52F2N2O4/c1-50-39-18-8-32(9-19-39)28-42(49)47-25-6-22-44(35-10-14-37(45)15-11-35,36-12-16-38(46)17-13-36)23-7-27-48-26-5-4-21-43(48)24-20-33-29-40(51-2)41(52-3)30-34(33)31-43/h8-19,29-30H,4-7,20-28,31H2,1-3H3,(H,47,49). The topological polar surface area (TPSA) is 60.0 Å². The number of carbonyl (C=O) groups excluding carboxylic acids is 1. The number of carbonyl (C=O) groups is 1. The minimum atomic E-state index is -0.492. The highest BCUT2D eigenvalue weighted by molar-refractivity contribution is 5.78. The maximum absolute atomic E-state index is 14.3. The van der Waals surface area contributed by atoms with Gasteiger partial charge in [0.25, 0.3) is 0 Å². The molecule has 0 saturated carbocycles. The molecule has 0 radical (unpaired) electrons. The number of benzene rings is 4. The van der Waals surface area contributed by atoms with Gasteiger partial charge >= 0.3 is 0 Å². The smallest absolute Gasteiger partial charge is 0.224 e. The van der Waals surface area contributed by atoms with Gasteiger partial charge in [-0.3, -0.25) is 9.69 Å². The van der Waals surface area contributed by atoms with Gasteiger partial charge in [0, 0.05) is 17.5 Å². The fourth-order valence-electron chi connectivity index (χ4n) is 8.74. The highest BCUT2D eigenvalue weighted by Crippen LogP contribution is 2.45. The van der Waals surface area contributed by atoms with Gasteiger partial charge < -0.3 is 19.5 Å². The van der Waals surface area contributed by atoms with Gasteiger partial charge in [-0.2, -0.15) is 0 Å². The van der Waals surface area contributed by atoms with Crippen molar-refractivity contribution in [3.8, 4) is 17.2 Å². The van der Waals surface area contributed by atoms with E-state index in [1.54, 1.807) is 21.3 Å². The molecule has 0 bridgehead atoms. The first-order valence-corrected chi connectivity index (χ1v) is 18.7. The van der Waals surface area contributed by atoms with Crippen LogP contribution in [0.4, 0.5) is 8.78 Å². The summed E-state index contributed by atoms with van der Waals surface area (Å²) < 4.78 is 45.2. The van der Waals surface area contributed by atoms with Gasteiger partial charge in [-0.25, -0.2) is 8.78 Å². The Morgan fingerprint density at radius 3 is 2.00 bits per heavy atom. The van der Waals surface area contributed by atoms with Crippen molar-refractivity contribution in [2.24, 2.45) is 0 Å². The van der Waals surface area contributed by atoms with Gasteiger partial charge in [-0.1, -0.05) is 42.8 Å². The summed E-state index contributed by atoms with van der Waals surface area (Å²) in [7, 11) is 5.01. The highest BCUT2D eigenvalue weighted by atomic mass is 19.1. The molecule has 2 aliphatic rings. The molecule has 1 unspecified atom stereocenters. The van der Waals surface area contributed by atoms with E-state index >= 15 is 0 Å². The lowest BCUT2D eigenvalue weighted by molar-refractivity contribution is -0.120. The van der Waals surface area contributed by atoms with Crippen molar-refractivity contribution in [3.05, 3.63) is 124 Å². The Morgan fingerprint density at radius 1 is 0.769 bits per heavy atom. The molecule has 6 rings (SSSR count). The molecule has 1 spiro atoms. The molecule has 4 aromatic carbocycles. The number of fused-ring (bicyclic) bond motifs is 1. The summed E-state index contributed by atoms with van der Waals surface area (Å²) in [6.07, 6.45) is 10.1. The van der Waals surface area contributed by atoms with Crippen LogP contribution in [0, 0.1) is 11.6 Å². The molecule has 276 valence electrons. The number of nitrogens with one attached hydrogen (secondary N) is 1. The minimum absolute atomic E-state index is 0.0418. The van der Waals surface area contributed by atoms with Crippen molar-refractivity contribution in [1.82, 2.24) is 10.2 Å². The summed E-state index contributed by atoms with van der Waals surface area (Å²) in [6.45, 7) is 2.50. The molecular weight excluding hydrogens is 658 g/mol. The summed E-state index contributed by atoms with van der Waals surface area (Å²) in [5.74, 6) is 1.70. The second-order valence-corrected chi connectivity index (χ2v) is 14.5. The van der Waals surface area contributed by atoms with Gasteiger partial charge in [0.2, 0.25) is 5.91 Å². The van der Waals surface area contributed by atoms with Gasteiger partial charge in [0.1, 0.15) is 17.4 Å². The van der Waals surface area contributed by atoms with Crippen LogP contribution >= 0.6 is 0 Å². The quantitative estimate of drug-likeness (QED) is 0.125. The van der Waals surface area contributed by atoms with Gasteiger partial charge in [-0.15, -0.1) is 0 Å². The number of rotatable bonds is 15. The summed E-state index contributed by atoms with van der Waals surface area (Å²) in [5.41, 5.74) is 5.22. The number of nitrogens with zero attached hydrogens (tertiary/aromatic N) is 1. The number of ether oxygens (including phenoxy) is 3. The zero-order valence-corrected chi connectivity index (χ0v) is 30.8. The predicted octanol–water partition coefficient (Wildman–Crippen LogP) is 8.61. The SMILES string of the molecule is COc1ccc(CC(=O)NCCCC(CCCN2CCCCC23CCc2cc(OC)c(OC)cc2C3)(c2ccc(F)cc2)c2ccc(F)cc2)cc1. The van der Waals surface area contributed by atoms with E-state index in [2.05, 4.69) is 22.3 Å². The summed E-state index contributed by atoms with van der Waals surface area (Å²) in [4.78, 5) is 15.6. The van der Waals surface area contributed by atoms with Crippen molar-refractivity contribution in [3.63, 3.8) is 0 Å². The van der Waals surface area contributed by atoms with Crippen molar-refractivity contribution in [1.29, 1.82) is 0 Å². The van der Waals surface area contributed by atoms with E-state index in [-0.39, 0.29) is 29.5 Å². The second kappa shape index (κ2) is 16.9. The monoisotopic (exact) mass is 710 g/mol. The Hall–Kier alpha value is -4.43. The molecule has 1 aliphatic heterocycles. The number of aryl methyl sites for hydroxylation is 1. The van der Waals surface area contributed by atoms with Crippen LogP contribution in [0.5, 0.6) is 17.2 Å². The molecule has 4 aromatic rings. The number of piperidine rings is 1. The average molecular weight is 711 g/mol. The Balaban J connectivity index is 1.20. The summed E-state index contributed by atoms with van der Waals surface area (Å²) in [6, 6.07) is 25.4. The average Bonchev–Trinajstić information content (AvgIpc) is 3.17. The predicted molar refractivity (Wildman–Crippen MR) is 201 cm³/mol. The number of halogens is 2. The first kappa shape index (κ1) is 37.3. The van der Waals surface area contributed by atoms with Crippen LogP contribution in [0.15, 0.2) is 84.9 Å². The van der Waals surface area contributed by atoms with Crippen molar-refractivity contribution < 1.29 is 27.8 Å². The molecule has 1 heterocycles. The fourth-order valence-corrected chi connectivity index (χ4v) is 8.74. The third kappa shape index (κ3) is 8.44. The number of hydrogen-bond donors (Lipinski definition) is 1. The van der Waals surface area contributed by atoms with E-state index in [0.717, 1.165) is 85.6 Å². The molecule has 8 heteroatoms. The Morgan fingerprint density at radius 2 is 1.38 bits per heavy atom. The van der Waals surface area contributed by atoms with Crippen molar-refractivity contribution >= 4 is 5.91 Å². The maximum atomic E-state index is 14.3. The van der Waals surface area contributed by atoms with Crippen LogP contribution < -0.4 is 19.5 Å². The van der Waals surface area contributed by atoms with E-state index in [0.29, 0.717) is 19.4 Å². The highest BCUT2D eigenvalue weighted by Gasteiger charge is 2.42. The minimum Gasteiger partial charge on any atom is -0.497 e. The lowest BCUT2D eigenvalue weighted by Crippen LogP contribution is -2.55. The zero-order valence-electron chi connectivity index (χ0n) is 30.8. The third-order valence-corrected chi connectivity index (χ3v) is 11.5. The molecule has 1 saturated heterocycles. The fraction of sp³-hybridized carbons (Fsp3) is 0.432. The Labute approximate surface area is 307 Å². The normalized spacial score (nSPS) is 17.4. The van der Waals surface area contributed by atoms with E-state index in [1.165, 1.54) is 48.2 Å². The van der Waals surface area contributed by atoms with Gasteiger partial charge in [-0.05, 0) is 147 Å². The molecular formula is C44H52F2N2O4. The first-order valence-electron chi connectivity index (χ1n) is 18.7. The molecule has 6 nitrogen and oxygen atoms in total. The van der Waals surface area contributed by atoms with Crippen LogP contribution in [0.1, 0.15) is 79.2 Å². The summed E-state index contributed by atoms with van der Waals surface area (Å²) >= 11 is 0. The van der Waals surface area contributed by atoms with Crippen LogP contribution in [0.2, 0.25) is 0 Å². The largest absolute Gasteiger partial charge is 0.497 e. The first-order chi connectivity index (χ1) is 25.3. The Bertz CT molecular complexity index is 1730. The molecule has 1 fully saturated rings. The van der Waals surface area contributed by atoms with Gasteiger partial charge in [0.05, 0.1) is 27.8 Å². The van der Waals surface area contributed by atoms with Crippen LogP contribution in [0.3, 0.4) is 0 Å². The van der Waals surface area contributed by atoms with E-state index < -0.39 is 5.41 Å². The molecule has 52 heavy (non-hydrogen) atoms. The van der Waals surface area contributed by atoms with Crippen molar-refractivity contribution in [2.45, 2.75) is 81.6 Å². The van der Waals surface area contributed by atoms with E-state index in [9.17, 15) is 13.6 Å². The van der Waals surface area contributed by atoms with Gasteiger partial charge in [0.15, 0.2) is 11.5 Å². The zero-order chi connectivity index (χ0) is 36.6. The molecule has 1 N–H and O–H groups in total. The van der Waals surface area contributed by atoms with Crippen LogP contribution in [-0.2, 0) is 29.5 Å². The van der Waals surface area contributed by atoms with E-state index in [4.69, 9.17) is 14.2 Å². The summed E-state index contributed by atoms with van der Waals surface area (Å²) in [5, 5.41) is 3.11. The Kier molecular flexibility index (Phi) is 12.2.